The number of hydrogen-bond donors (Lipinski definition) is 0. The van der Waals surface area contributed by atoms with Crippen LogP contribution >= 0.6 is 15.9 Å². The maximum atomic E-state index is 5.42. The largest absolute Gasteiger partial charge is 0.465 e. The molecule has 3 nitrogen and oxygen atoms in total. The fourth-order valence-electron chi connectivity index (χ4n) is 1.08. The van der Waals surface area contributed by atoms with Gasteiger partial charge in [-0.05, 0) is 18.2 Å². The first kappa shape index (κ1) is 11.3. The number of methoxy groups -OCH3 is 1. The zero-order chi connectivity index (χ0) is 10.6. The number of halogens is 1. The Balaban J connectivity index is 2.90. The van der Waals surface area contributed by atoms with E-state index in [0.29, 0.717) is 0 Å². The van der Waals surface area contributed by atoms with Gasteiger partial charge in [-0.1, -0.05) is 15.9 Å². The molecule has 0 amide bonds. The van der Waals surface area contributed by atoms with Crippen molar-refractivity contribution in [1.82, 2.24) is 0 Å². The van der Waals surface area contributed by atoms with Gasteiger partial charge in [-0.3, -0.25) is 0 Å². The van der Waals surface area contributed by atoms with Crippen LogP contribution in [0.3, 0.4) is 0 Å². The second-order valence-corrected chi connectivity index (χ2v) is 3.97. The summed E-state index contributed by atoms with van der Waals surface area (Å²) in [5.41, 5.74) is 1.02. The lowest BCUT2D eigenvalue weighted by molar-refractivity contribution is 0.0515. The molecule has 0 radical (unpaired) electrons. The van der Waals surface area contributed by atoms with Gasteiger partial charge < -0.3 is 14.4 Å². The number of ether oxygens (including phenoxy) is 2. The number of anilines is 1. The summed E-state index contributed by atoms with van der Waals surface area (Å²) < 4.78 is 11.3. The van der Waals surface area contributed by atoms with Crippen LogP contribution < -0.4 is 9.64 Å². The quantitative estimate of drug-likeness (QED) is 0.776. The molecule has 0 atom stereocenters. The van der Waals surface area contributed by atoms with E-state index in [4.69, 9.17) is 9.47 Å². The van der Waals surface area contributed by atoms with E-state index in [0.717, 1.165) is 15.9 Å². The molecule has 78 valence electrons. The Morgan fingerprint density at radius 1 is 1.36 bits per heavy atom. The molecule has 0 fully saturated rings. The van der Waals surface area contributed by atoms with Crippen LogP contribution in [-0.4, -0.2) is 28.0 Å². The molecule has 14 heavy (non-hydrogen) atoms. The van der Waals surface area contributed by atoms with Crippen molar-refractivity contribution in [2.75, 3.05) is 32.9 Å². The van der Waals surface area contributed by atoms with Gasteiger partial charge in [0.2, 0.25) is 0 Å². The second kappa shape index (κ2) is 5.22. The van der Waals surface area contributed by atoms with E-state index in [1.165, 1.54) is 0 Å². The molecule has 0 aliphatic carbocycles. The van der Waals surface area contributed by atoms with Crippen molar-refractivity contribution in [3.8, 4) is 5.75 Å². The van der Waals surface area contributed by atoms with Gasteiger partial charge >= 0.3 is 0 Å². The smallest absolute Gasteiger partial charge is 0.188 e. The fraction of sp³-hybridized carbons (Fsp3) is 0.400. The first-order chi connectivity index (χ1) is 6.65. The zero-order valence-electron chi connectivity index (χ0n) is 8.58. The minimum Gasteiger partial charge on any atom is -0.465 e. The van der Waals surface area contributed by atoms with Crippen LogP contribution in [-0.2, 0) is 4.74 Å². The molecule has 1 aromatic carbocycles. The first-order valence-corrected chi connectivity index (χ1v) is 5.03. The molecule has 0 heterocycles. The fourth-order valence-corrected chi connectivity index (χ4v) is 1.43. The van der Waals surface area contributed by atoms with E-state index in [9.17, 15) is 0 Å². The lowest BCUT2D eigenvalue weighted by atomic mass is 10.3. The van der Waals surface area contributed by atoms with Gasteiger partial charge in [0.1, 0.15) is 5.75 Å². The molecule has 0 N–H and O–H groups in total. The molecule has 0 saturated heterocycles. The van der Waals surface area contributed by atoms with Crippen molar-refractivity contribution in [3.63, 3.8) is 0 Å². The SMILES string of the molecule is COCOc1ccc(Br)cc1N(C)C. The lowest BCUT2D eigenvalue weighted by Gasteiger charge is -2.17. The van der Waals surface area contributed by atoms with Crippen LogP contribution in [0.25, 0.3) is 0 Å². The third-order valence-corrected chi connectivity index (χ3v) is 2.23. The molecule has 1 rings (SSSR count). The maximum absolute atomic E-state index is 5.42. The topological polar surface area (TPSA) is 21.7 Å². The van der Waals surface area contributed by atoms with E-state index in [1.807, 2.05) is 37.2 Å². The predicted octanol–water partition coefficient (Wildman–Crippen LogP) is 2.50. The number of hydrogen-bond acceptors (Lipinski definition) is 3. The molecule has 0 aromatic heterocycles. The van der Waals surface area contributed by atoms with E-state index in [-0.39, 0.29) is 6.79 Å². The number of rotatable bonds is 4. The van der Waals surface area contributed by atoms with Crippen LogP contribution in [0.4, 0.5) is 5.69 Å². The van der Waals surface area contributed by atoms with Crippen LogP contribution in [0.5, 0.6) is 5.75 Å². The number of nitrogens with zero attached hydrogens (tertiary/aromatic N) is 1. The summed E-state index contributed by atoms with van der Waals surface area (Å²) in [6.07, 6.45) is 0. The Morgan fingerprint density at radius 2 is 2.07 bits per heavy atom. The maximum Gasteiger partial charge on any atom is 0.188 e. The van der Waals surface area contributed by atoms with Gasteiger partial charge in [0.05, 0.1) is 5.69 Å². The van der Waals surface area contributed by atoms with Gasteiger partial charge in [0, 0.05) is 25.7 Å². The Labute approximate surface area is 92.7 Å². The molecule has 0 unspecified atom stereocenters. The van der Waals surface area contributed by atoms with Crippen molar-refractivity contribution >= 4 is 21.6 Å². The summed E-state index contributed by atoms with van der Waals surface area (Å²) >= 11 is 3.42. The Bertz CT molecular complexity index is 302. The molecular weight excluding hydrogens is 246 g/mol. The van der Waals surface area contributed by atoms with Gasteiger partial charge in [0.25, 0.3) is 0 Å². The van der Waals surface area contributed by atoms with E-state index in [2.05, 4.69) is 15.9 Å². The van der Waals surface area contributed by atoms with E-state index in [1.54, 1.807) is 7.11 Å². The molecule has 0 aliphatic heterocycles. The highest BCUT2D eigenvalue weighted by atomic mass is 79.9. The third kappa shape index (κ3) is 2.89. The molecular formula is C10H14BrNO2. The van der Waals surface area contributed by atoms with Crippen molar-refractivity contribution in [2.45, 2.75) is 0 Å². The Hall–Kier alpha value is -0.740. The molecule has 0 bridgehead atoms. The highest BCUT2D eigenvalue weighted by molar-refractivity contribution is 9.10. The summed E-state index contributed by atoms with van der Waals surface area (Å²) in [6.45, 7) is 0.266. The van der Waals surface area contributed by atoms with Crippen molar-refractivity contribution in [1.29, 1.82) is 0 Å². The van der Waals surface area contributed by atoms with Crippen LogP contribution in [0.2, 0.25) is 0 Å². The highest BCUT2D eigenvalue weighted by Crippen LogP contribution is 2.30. The standard InChI is InChI=1S/C10H14BrNO2/c1-12(2)9-6-8(11)4-5-10(9)14-7-13-3/h4-6H,7H2,1-3H3. The van der Waals surface area contributed by atoms with Crippen LogP contribution in [0, 0.1) is 0 Å². The van der Waals surface area contributed by atoms with Crippen LogP contribution in [0.15, 0.2) is 22.7 Å². The monoisotopic (exact) mass is 259 g/mol. The second-order valence-electron chi connectivity index (χ2n) is 3.06. The third-order valence-electron chi connectivity index (χ3n) is 1.74. The lowest BCUT2D eigenvalue weighted by Crippen LogP contribution is -2.11. The Morgan fingerprint density at radius 3 is 2.64 bits per heavy atom. The molecule has 1 aromatic rings. The Kier molecular flexibility index (Phi) is 4.22. The zero-order valence-corrected chi connectivity index (χ0v) is 10.2. The minimum absolute atomic E-state index is 0.266. The highest BCUT2D eigenvalue weighted by Gasteiger charge is 2.05. The van der Waals surface area contributed by atoms with Crippen molar-refractivity contribution in [3.05, 3.63) is 22.7 Å². The average Bonchev–Trinajstić information content (AvgIpc) is 2.15. The average molecular weight is 260 g/mol. The molecule has 4 heteroatoms. The van der Waals surface area contributed by atoms with Crippen molar-refractivity contribution in [2.24, 2.45) is 0 Å². The summed E-state index contributed by atoms with van der Waals surface area (Å²) in [5.74, 6) is 0.819. The number of benzene rings is 1. The molecule has 0 aliphatic rings. The predicted molar refractivity (Wildman–Crippen MR) is 61.0 cm³/mol. The van der Waals surface area contributed by atoms with Gasteiger partial charge in [0.15, 0.2) is 6.79 Å². The van der Waals surface area contributed by atoms with E-state index < -0.39 is 0 Å². The van der Waals surface area contributed by atoms with Gasteiger partial charge in [-0.15, -0.1) is 0 Å². The van der Waals surface area contributed by atoms with Crippen molar-refractivity contribution < 1.29 is 9.47 Å². The molecule has 0 saturated carbocycles. The van der Waals surface area contributed by atoms with Gasteiger partial charge in [-0.2, -0.15) is 0 Å². The summed E-state index contributed by atoms with van der Waals surface area (Å²) in [6, 6.07) is 5.86. The normalized spacial score (nSPS) is 10.0. The van der Waals surface area contributed by atoms with E-state index >= 15 is 0 Å². The van der Waals surface area contributed by atoms with Crippen LogP contribution in [0.1, 0.15) is 0 Å². The summed E-state index contributed by atoms with van der Waals surface area (Å²) in [4.78, 5) is 2.00. The summed E-state index contributed by atoms with van der Waals surface area (Å²) in [5, 5.41) is 0. The minimum atomic E-state index is 0.266. The first-order valence-electron chi connectivity index (χ1n) is 4.23. The van der Waals surface area contributed by atoms with Gasteiger partial charge in [-0.25, -0.2) is 0 Å². The molecule has 0 spiro atoms. The summed E-state index contributed by atoms with van der Waals surface area (Å²) in [7, 11) is 5.55.